The number of ether oxygens (including phenoxy) is 2. The highest BCUT2D eigenvalue weighted by atomic mass is 79.9. The summed E-state index contributed by atoms with van der Waals surface area (Å²) in [5.41, 5.74) is 0.796. The number of hydrogen-bond donors (Lipinski definition) is 0. The molecule has 1 aromatic carbocycles. The average molecular weight is 581 g/mol. The molecule has 0 N–H and O–H groups in total. The number of benzene rings is 1. The Balaban J connectivity index is 1.69. The molecule has 2 heterocycles. The van der Waals surface area contributed by atoms with E-state index < -0.39 is 11.9 Å². The lowest BCUT2D eigenvalue weighted by atomic mass is 10.1. The van der Waals surface area contributed by atoms with Crippen molar-refractivity contribution in [3.8, 4) is 5.88 Å². The Labute approximate surface area is 199 Å². The zero-order valence-electron chi connectivity index (χ0n) is 15.9. The lowest BCUT2D eigenvalue weighted by Crippen LogP contribution is -2.12. The van der Waals surface area contributed by atoms with Crippen LogP contribution in [-0.4, -0.2) is 16.6 Å². The summed E-state index contributed by atoms with van der Waals surface area (Å²) in [6.07, 6.45) is -3.10. The number of hydrogen-bond acceptors (Lipinski definition) is 4. The van der Waals surface area contributed by atoms with Crippen LogP contribution < -0.4 is 4.74 Å². The molecule has 164 valence electrons. The fraction of sp³-hybridized carbons (Fsp3) is 0.238. The third-order valence-corrected chi connectivity index (χ3v) is 5.52. The van der Waals surface area contributed by atoms with E-state index >= 15 is 0 Å². The Morgan fingerprint density at radius 1 is 0.968 bits per heavy atom. The van der Waals surface area contributed by atoms with Crippen LogP contribution in [0.2, 0.25) is 5.02 Å². The normalized spacial score (nSPS) is 11.5. The molecule has 3 aromatic rings. The van der Waals surface area contributed by atoms with Crippen LogP contribution in [0.25, 0.3) is 0 Å². The number of alkyl halides is 3. The molecule has 0 bridgehead atoms. The van der Waals surface area contributed by atoms with E-state index in [1.807, 2.05) is 12.1 Å². The SMILES string of the molecule is FC(F)(F)c1cc(CCOCc2cc(Br)ccc2Cl)c(COc2cccc(Br)n2)cn1. The van der Waals surface area contributed by atoms with Gasteiger partial charge in [0.1, 0.15) is 16.9 Å². The first kappa shape index (κ1) is 24.0. The van der Waals surface area contributed by atoms with Gasteiger partial charge in [-0.15, -0.1) is 0 Å². The van der Waals surface area contributed by atoms with E-state index in [2.05, 4.69) is 41.8 Å². The van der Waals surface area contributed by atoms with Crippen molar-refractivity contribution in [1.29, 1.82) is 0 Å². The molecule has 0 aliphatic heterocycles. The number of aromatic nitrogens is 2. The summed E-state index contributed by atoms with van der Waals surface area (Å²) in [4.78, 5) is 7.69. The highest BCUT2D eigenvalue weighted by Gasteiger charge is 2.33. The molecule has 2 aromatic heterocycles. The summed E-state index contributed by atoms with van der Waals surface area (Å²) in [5.74, 6) is 0.348. The summed E-state index contributed by atoms with van der Waals surface area (Å²) >= 11 is 12.8. The minimum Gasteiger partial charge on any atom is -0.473 e. The van der Waals surface area contributed by atoms with Gasteiger partial charge in [-0.3, -0.25) is 4.98 Å². The predicted octanol–water partition coefficient (Wildman–Crippen LogP) is 7.01. The van der Waals surface area contributed by atoms with Gasteiger partial charge in [0, 0.05) is 27.3 Å². The number of halogens is 6. The first-order valence-corrected chi connectivity index (χ1v) is 11.0. The Morgan fingerprint density at radius 3 is 2.52 bits per heavy atom. The van der Waals surface area contributed by atoms with E-state index in [0.29, 0.717) is 26.6 Å². The van der Waals surface area contributed by atoms with E-state index in [-0.39, 0.29) is 26.2 Å². The highest BCUT2D eigenvalue weighted by Crippen LogP contribution is 2.29. The fourth-order valence-electron chi connectivity index (χ4n) is 2.68. The van der Waals surface area contributed by atoms with E-state index in [1.54, 1.807) is 24.3 Å². The molecular weight excluding hydrogens is 564 g/mol. The fourth-order valence-corrected chi connectivity index (χ4v) is 3.59. The first-order chi connectivity index (χ1) is 14.7. The predicted molar refractivity (Wildman–Crippen MR) is 118 cm³/mol. The molecule has 0 spiro atoms. The van der Waals surface area contributed by atoms with Crippen LogP contribution in [0.15, 0.2) is 57.7 Å². The molecule has 0 aliphatic carbocycles. The quantitative estimate of drug-likeness (QED) is 0.212. The molecule has 31 heavy (non-hydrogen) atoms. The van der Waals surface area contributed by atoms with Gasteiger partial charge in [0.2, 0.25) is 5.88 Å². The summed E-state index contributed by atoms with van der Waals surface area (Å²) in [6, 6.07) is 11.6. The Hall–Kier alpha value is -1.68. The van der Waals surface area contributed by atoms with Gasteiger partial charge in [-0.25, -0.2) is 4.98 Å². The molecule has 0 fully saturated rings. The van der Waals surface area contributed by atoms with Gasteiger partial charge in [-0.1, -0.05) is 33.6 Å². The molecule has 0 saturated heterocycles. The molecule has 10 heteroatoms. The number of rotatable bonds is 8. The summed E-state index contributed by atoms with van der Waals surface area (Å²) < 4.78 is 52.1. The molecule has 0 atom stereocenters. The zero-order chi connectivity index (χ0) is 22.4. The lowest BCUT2D eigenvalue weighted by molar-refractivity contribution is -0.141. The Bertz CT molecular complexity index is 1050. The van der Waals surface area contributed by atoms with Crippen molar-refractivity contribution in [3.05, 3.63) is 85.1 Å². The van der Waals surface area contributed by atoms with E-state index in [9.17, 15) is 13.2 Å². The van der Waals surface area contributed by atoms with Crippen LogP contribution in [-0.2, 0) is 30.5 Å². The van der Waals surface area contributed by atoms with Gasteiger partial charge in [0.05, 0.1) is 13.2 Å². The minimum atomic E-state index is -4.54. The molecule has 0 radical (unpaired) electrons. The maximum atomic E-state index is 13.1. The second-order valence-electron chi connectivity index (χ2n) is 6.46. The van der Waals surface area contributed by atoms with Gasteiger partial charge in [0.15, 0.2) is 0 Å². The van der Waals surface area contributed by atoms with Crippen LogP contribution in [0.3, 0.4) is 0 Å². The minimum absolute atomic E-state index is 0.0292. The average Bonchev–Trinajstić information content (AvgIpc) is 2.71. The molecule has 0 amide bonds. The maximum Gasteiger partial charge on any atom is 0.433 e. The largest absolute Gasteiger partial charge is 0.473 e. The topological polar surface area (TPSA) is 44.2 Å². The van der Waals surface area contributed by atoms with Crippen molar-refractivity contribution in [3.63, 3.8) is 0 Å². The summed E-state index contributed by atoms with van der Waals surface area (Å²) in [5, 5.41) is 0.557. The second kappa shape index (κ2) is 10.8. The third kappa shape index (κ3) is 7.17. The highest BCUT2D eigenvalue weighted by molar-refractivity contribution is 9.10. The van der Waals surface area contributed by atoms with E-state index in [0.717, 1.165) is 16.1 Å². The van der Waals surface area contributed by atoms with Crippen LogP contribution in [0.4, 0.5) is 13.2 Å². The van der Waals surface area contributed by atoms with Gasteiger partial charge >= 0.3 is 6.18 Å². The van der Waals surface area contributed by atoms with Crippen molar-refractivity contribution in [2.24, 2.45) is 0 Å². The van der Waals surface area contributed by atoms with Crippen LogP contribution >= 0.6 is 43.5 Å². The van der Waals surface area contributed by atoms with E-state index in [1.165, 1.54) is 6.20 Å². The standard InChI is InChI=1S/C21H16Br2ClF3N2O2/c22-16-4-5-17(24)14(8-16)11-30-7-6-13-9-18(21(25,26)27)28-10-15(13)12-31-20-3-1-2-19(23)29-20/h1-5,8-10H,6-7,11-12H2. The van der Waals surface area contributed by atoms with Crippen molar-refractivity contribution in [2.45, 2.75) is 25.8 Å². The van der Waals surface area contributed by atoms with Crippen LogP contribution in [0.5, 0.6) is 5.88 Å². The molecular formula is C21H16Br2ClF3N2O2. The smallest absolute Gasteiger partial charge is 0.433 e. The molecule has 0 saturated carbocycles. The second-order valence-corrected chi connectivity index (χ2v) is 8.60. The van der Waals surface area contributed by atoms with E-state index in [4.69, 9.17) is 21.1 Å². The van der Waals surface area contributed by atoms with Gasteiger partial charge in [-0.2, -0.15) is 13.2 Å². The van der Waals surface area contributed by atoms with Crippen molar-refractivity contribution in [2.75, 3.05) is 6.61 Å². The molecule has 4 nitrogen and oxygen atoms in total. The van der Waals surface area contributed by atoms with Gasteiger partial charge in [0.25, 0.3) is 0 Å². The van der Waals surface area contributed by atoms with Crippen LogP contribution in [0.1, 0.15) is 22.4 Å². The summed E-state index contributed by atoms with van der Waals surface area (Å²) in [7, 11) is 0. The number of nitrogens with zero attached hydrogens (tertiary/aromatic N) is 2. The van der Waals surface area contributed by atoms with Crippen molar-refractivity contribution >= 4 is 43.5 Å². The van der Waals surface area contributed by atoms with Crippen LogP contribution in [0, 0.1) is 0 Å². The zero-order valence-corrected chi connectivity index (χ0v) is 19.9. The maximum absolute atomic E-state index is 13.1. The monoisotopic (exact) mass is 578 g/mol. The van der Waals surface area contributed by atoms with Crippen molar-refractivity contribution < 1.29 is 22.6 Å². The molecule has 0 aliphatic rings. The molecule has 3 rings (SSSR count). The Kier molecular flexibility index (Phi) is 8.32. The number of pyridine rings is 2. The lowest BCUT2D eigenvalue weighted by Gasteiger charge is -2.14. The first-order valence-electron chi connectivity index (χ1n) is 9.04. The summed E-state index contributed by atoms with van der Waals surface area (Å²) in [6.45, 7) is 0.469. The third-order valence-electron chi connectivity index (χ3n) is 4.22. The molecule has 0 unspecified atom stereocenters. The van der Waals surface area contributed by atoms with Gasteiger partial charge in [-0.05, 0) is 63.8 Å². The van der Waals surface area contributed by atoms with Crippen molar-refractivity contribution in [1.82, 2.24) is 9.97 Å². The van der Waals surface area contributed by atoms with Gasteiger partial charge < -0.3 is 9.47 Å². The Morgan fingerprint density at radius 2 is 1.77 bits per heavy atom.